The van der Waals surface area contributed by atoms with E-state index < -0.39 is 5.97 Å². The van der Waals surface area contributed by atoms with Crippen LogP contribution in [0.4, 0.5) is 0 Å². The van der Waals surface area contributed by atoms with Gasteiger partial charge in [0.1, 0.15) is 23.7 Å². The summed E-state index contributed by atoms with van der Waals surface area (Å²) in [4.78, 5) is 24.0. The second kappa shape index (κ2) is 6.20. The van der Waals surface area contributed by atoms with Crippen molar-refractivity contribution in [1.82, 2.24) is 0 Å². The van der Waals surface area contributed by atoms with Gasteiger partial charge in [0.2, 0.25) is 0 Å². The first-order chi connectivity index (χ1) is 11.5. The van der Waals surface area contributed by atoms with Crippen molar-refractivity contribution in [3.8, 4) is 5.75 Å². The lowest BCUT2D eigenvalue weighted by Crippen LogP contribution is -2.11. The Morgan fingerprint density at radius 2 is 1.83 bits per heavy atom. The van der Waals surface area contributed by atoms with Gasteiger partial charge in [0, 0.05) is 5.56 Å². The van der Waals surface area contributed by atoms with Crippen molar-refractivity contribution in [3.05, 3.63) is 75.1 Å². The molecule has 5 nitrogen and oxygen atoms in total. The number of carbonyl (C=O) groups is 1. The summed E-state index contributed by atoms with van der Waals surface area (Å²) in [7, 11) is 0. The third-order valence-corrected chi connectivity index (χ3v) is 3.94. The van der Waals surface area contributed by atoms with Crippen LogP contribution in [-0.4, -0.2) is 11.1 Å². The Morgan fingerprint density at radius 3 is 2.50 bits per heavy atom. The Balaban J connectivity index is 2.12. The molecular formula is C19H16O5. The van der Waals surface area contributed by atoms with Crippen molar-refractivity contribution in [2.45, 2.75) is 20.5 Å². The lowest BCUT2D eigenvalue weighted by atomic mass is 10.1. The monoisotopic (exact) mass is 324 g/mol. The molecule has 2 aromatic carbocycles. The van der Waals surface area contributed by atoms with Crippen LogP contribution in [-0.2, 0) is 6.61 Å². The normalized spacial score (nSPS) is 10.8. The zero-order valence-electron chi connectivity index (χ0n) is 13.3. The molecule has 0 amide bonds. The molecule has 1 heterocycles. The lowest BCUT2D eigenvalue weighted by Gasteiger charge is -2.12. The highest BCUT2D eigenvalue weighted by atomic mass is 16.5. The van der Waals surface area contributed by atoms with Crippen molar-refractivity contribution in [2.75, 3.05) is 0 Å². The minimum Gasteiger partial charge on any atom is -0.488 e. The first kappa shape index (κ1) is 15.8. The highest BCUT2D eigenvalue weighted by Gasteiger charge is 2.21. The molecule has 0 fully saturated rings. The van der Waals surface area contributed by atoms with Gasteiger partial charge < -0.3 is 14.3 Å². The topological polar surface area (TPSA) is 76.7 Å². The van der Waals surface area contributed by atoms with Crippen molar-refractivity contribution >= 4 is 16.9 Å². The van der Waals surface area contributed by atoms with E-state index >= 15 is 0 Å². The number of ether oxygens (including phenoxy) is 1. The van der Waals surface area contributed by atoms with E-state index in [1.807, 2.05) is 30.3 Å². The molecule has 0 aliphatic carbocycles. The Hall–Kier alpha value is -3.08. The van der Waals surface area contributed by atoms with Crippen molar-refractivity contribution < 1.29 is 19.1 Å². The first-order valence-corrected chi connectivity index (χ1v) is 7.46. The van der Waals surface area contributed by atoms with Crippen LogP contribution in [0.5, 0.6) is 5.75 Å². The van der Waals surface area contributed by atoms with Crippen LogP contribution < -0.4 is 10.2 Å². The van der Waals surface area contributed by atoms with Crippen LogP contribution in [0.2, 0.25) is 0 Å². The van der Waals surface area contributed by atoms with Crippen molar-refractivity contribution in [3.63, 3.8) is 0 Å². The first-order valence-electron chi connectivity index (χ1n) is 7.46. The van der Waals surface area contributed by atoms with E-state index in [0.29, 0.717) is 11.3 Å². The molecule has 122 valence electrons. The molecule has 0 unspecified atom stereocenters. The van der Waals surface area contributed by atoms with Gasteiger partial charge >= 0.3 is 5.97 Å². The van der Waals surface area contributed by atoms with Crippen molar-refractivity contribution in [2.24, 2.45) is 0 Å². The van der Waals surface area contributed by atoms with Crippen LogP contribution in [0.1, 0.15) is 27.2 Å². The molecule has 1 aromatic heterocycles. The standard InChI is InChI=1S/C19H16O5/c1-11-12(2)24-18-14(17(11)20)8-9-15(16(18)19(21)22)23-10-13-6-4-3-5-7-13/h3-9H,10H2,1-2H3,(H,21,22). The Morgan fingerprint density at radius 1 is 1.12 bits per heavy atom. The maximum Gasteiger partial charge on any atom is 0.343 e. The van der Waals surface area contributed by atoms with E-state index in [1.54, 1.807) is 19.9 Å². The highest BCUT2D eigenvalue weighted by molar-refractivity contribution is 6.03. The number of hydrogen-bond donors (Lipinski definition) is 1. The van der Waals surface area contributed by atoms with Gasteiger partial charge in [0.25, 0.3) is 0 Å². The summed E-state index contributed by atoms with van der Waals surface area (Å²) in [5.74, 6) is -0.629. The maximum absolute atomic E-state index is 12.3. The molecule has 0 spiro atoms. The van der Waals surface area contributed by atoms with Gasteiger partial charge in [-0.1, -0.05) is 30.3 Å². The van der Waals surface area contributed by atoms with E-state index in [1.165, 1.54) is 6.07 Å². The molecule has 0 aliphatic rings. The SMILES string of the molecule is Cc1oc2c(C(=O)O)c(OCc3ccccc3)ccc2c(=O)c1C. The Kier molecular flexibility index (Phi) is 4.08. The Bertz CT molecular complexity index is 970. The minimum absolute atomic E-state index is 0.0427. The Labute approximate surface area is 138 Å². The number of aromatic carboxylic acids is 1. The van der Waals surface area contributed by atoms with Crippen LogP contribution in [0.25, 0.3) is 11.0 Å². The zero-order valence-corrected chi connectivity index (χ0v) is 13.3. The second-order valence-electron chi connectivity index (χ2n) is 5.51. The summed E-state index contributed by atoms with van der Waals surface area (Å²) >= 11 is 0. The van der Waals surface area contributed by atoms with Gasteiger partial charge in [-0.2, -0.15) is 0 Å². The van der Waals surface area contributed by atoms with Crippen LogP contribution >= 0.6 is 0 Å². The molecule has 0 aliphatic heterocycles. The fraction of sp³-hybridized carbons (Fsp3) is 0.158. The molecule has 0 saturated carbocycles. The number of fused-ring (bicyclic) bond motifs is 1. The summed E-state index contributed by atoms with van der Waals surface area (Å²) in [5, 5.41) is 9.81. The number of carboxylic acid groups (broad SMARTS) is 1. The molecule has 0 atom stereocenters. The molecule has 3 aromatic rings. The van der Waals surface area contributed by atoms with Crippen LogP contribution in [0.15, 0.2) is 51.7 Å². The molecule has 24 heavy (non-hydrogen) atoms. The maximum atomic E-state index is 12.3. The summed E-state index contributed by atoms with van der Waals surface area (Å²) < 4.78 is 11.3. The fourth-order valence-corrected chi connectivity index (χ4v) is 2.50. The fourth-order valence-electron chi connectivity index (χ4n) is 2.50. The number of benzene rings is 2. The largest absolute Gasteiger partial charge is 0.488 e. The number of hydrogen-bond acceptors (Lipinski definition) is 4. The van der Waals surface area contributed by atoms with E-state index in [4.69, 9.17) is 9.15 Å². The number of aryl methyl sites for hydroxylation is 1. The molecular weight excluding hydrogens is 308 g/mol. The van der Waals surface area contributed by atoms with Gasteiger partial charge in [0.15, 0.2) is 11.0 Å². The second-order valence-corrected chi connectivity index (χ2v) is 5.51. The molecule has 5 heteroatoms. The molecule has 3 rings (SSSR count). The quantitative estimate of drug-likeness (QED) is 0.792. The van der Waals surface area contributed by atoms with Gasteiger partial charge in [-0.15, -0.1) is 0 Å². The van der Waals surface area contributed by atoms with E-state index in [0.717, 1.165) is 5.56 Å². The molecule has 0 saturated heterocycles. The smallest absolute Gasteiger partial charge is 0.343 e. The van der Waals surface area contributed by atoms with E-state index in [2.05, 4.69) is 0 Å². The average Bonchev–Trinajstić information content (AvgIpc) is 2.58. The van der Waals surface area contributed by atoms with Gasteiger partial charge in [-0.05, 0) is 31.5 Å². The summed E-state index contributed by atoms with van der Waals surface area (Å²) in [6.07, 6.45) is 0. The average molecular weight is 324 g/mol. The number of rotatable bonds is 4. The predicted molar refractivity (Wildman–Crippen MR) is 89.7 cm³/mol. The third kappa shape index (κ3) is 2.76. The molecule has 0 bridgehead atoms. The van der Waals surface area contributed by atoms with Gasteiger partial charge in [-0.25, -0.2) is 4.79 Å². The zero-order chi connectivity index (χ0) is 17.3. The third-order valence-electron chi connectivity index (χ3n) is 3.94. The minimum atomic E-state index is -1.20. The molecule has 1 N–H and O–H groups in total. The lowest BCUT2D eigenvalue weighted by molar-refractivity contribution is 0.0692. The van der Waals surface area contributed by atoms with E-state index in [-0.39, 0.29) is 34.3 Å². The predicted octanol–water partition coefficient (Wildman–Crippen LogP) is 3.69. The summed E-state index contributed by atoms with van der Waals surface area (Å²) in [6.45, 7) is 3.52. The molecule has 0 radical (unpaired) electrons. The van der Waals surface area contributed by atoms with Gasteiger partial charge in [-0.3, -0.25) is 4.79 Å². The number of carboxylic acids is 1. The highest BCUT2D eigenvalue weighted by Crippen LogP contribution is 2.28. The summed E-state index contributed by atoms with van der Waals surface area (Å²) in [6, 6.07) is 12.5. The van der Waals surface area contributed by atoms with Crippen LogP contribution in [0, 0.1) is 13.8 Å². The van der Waals surface area contributed by atoms with Crippen molar-refractivity contribution in [1.29, 1.82) is 0 Å². The van der Waals surface area contributed by atoms with Gasteiger partial charge in [0.05, 0.1) is 5.39 Å². The van der Waals surface area contributed by atoms with Crippen LogP contribution in [0.3, 0.4) is 0 Å². The summed E-state index contributed by atoms with van der Waals surface area (Å²) in [5.41, 5.74) is 1.06. The van der Waals surface area contributed by atoms with E-state index in [9.17, 15) is 14.7 Å².